The first-order valence-corrected chi connectivity index (χ1v) is 12.8. The summed E-state index contributed by atoms with van der Waals surface area (Å²) >= 11 is 0. The maximum Gasteiger partial charge on any atom is 0.459 e. The van der Waals surface area contributed by atoms with E-state index in [1.54, 1.807) is 44.2 Å². The van der Waals surface area contributed by atoms with E-state index in [0.29, 0.717) is 0 Å². The highest BCUT2D eigenvalue weighted by molar-refractivity contribution is 7.52. The van der Waals surface area contributed by atoms with Crippen molar-refractivity contribution in [2.75, 3.05) is 6.61 Å². The molecule has 5 N–H and O–H groups in total. The van der Waals surface area contributed by atoms with E-state index in [4.69, 9.17) is 24.3 Å². The second-order valence-electron chi connectivity index (χ2n) is 8.89. The molecule has 2 unspecified atom stereocenters. The zero-order chi connectivity index (χ0) is 26.7. The average Bonchev–Trinajstić information content (AvgIpc) is 3.01. The van der Waals surface area contributed by atoms with Crippen molar-refractivity contribution in [3.05, 3.63) is 63.4 Å². The minimum atomic E-state index is -4.22. The van der Waals surface area contributed by atoms with E-state index in [2.05, 4.69) is 10.1 Å². The van der Waals surface area contributed by atoms with Crippen LogP contribution in [0, 0.1) is 0 Å². The van der Waals surface area contributed by atoms with Crippen LogP contribution in [0.25, 0.3) is 0 Å². The topological polar surface area (TPSA) is 184 Å². The van der Waals surface area contributed by atoms with Crippen LogP contribution in [0.2, 0.25) is 0 Å². The molecule has 0 amide bonds. The fourth-order valence-corrected chi connectivity index (χ4v) is 5.05. The number of rotatable bonds is 10. The summed E-state index contributed by atoms with van der Waals surface area (Å²) in [5.74, 6) is -0.471. The Morgan fingerprint density at radius 3 is 2.56 bits per heavy atom. The smallest absolute Gasteiger partial charge is 0.459 e. The number of para-hydroxylation sites is 1. The zero-order valence-corrected chi connectivity index (χ0v) is 21.2. The highest BCUT2D eigenvalue weighted by atomic mass is 31.2. The van der Waals surface area contributed by atoms with Gasteiger partial charge in [-0.2, -0.15) is 5.09 Å². The summed E-state index contributed by atoms with van der Waals surface area (Å²) in [6.45, 7) is 5.77. The first kappa shape index (κ1) is 27.8. The van der Waals surface area contributed by atoms with Crippen molar-refractivity contribution in [2.24, 2.45) is 5.73 Å². The number of aromatic nitrogens is 2. The Kier molecular flexibility index (Phi) is 8.55. The van der Waals surface area contributed by atoms with Gasteiger partial charge in [0.05, 0.1) is 18.2 Å². The molecule has 1 aliphatic rings. The van der Waals surface area contributed by atoms with E-state index in [1.807, 2.05) is 0 Å². The molecule has 1 fully saturated rings. The molecule has 0 aliphatic carbocycles. The van der Waals surface area contributed by atoms with Crippen LogP contribution >= 0.6 is 7.75 Å². The van der Waals surface area contributed by atoms with Crippen molar-refractivity contribution in [1.82, 2.24) is 14.6 Å². The Bertz CT molecular complexity index is 1210. The normalized spacial score (nSPS) is 26.4. The van der Waals surface area contributed by atoms with Gasteiger partial charge in [0.25, 0.3) is 5.56 Å². The van der Waals surface area contributed by atoms with E-state index in [-0.39, 0.29) is 5.75 Å². The second-order valence-corrected chi connectivity index (χ2v) is 10.6. The van der Waals surface area contributed by atoms with Gasteiger partial charge in [-0.1, -0.05) is 18.2 Å². The molecule has 13 nitrogen and oxygen atoms in total. The predicted molar refractivity (Wildman–Crippen MR) is 128 cm³/mol. The molecule has 2 aromatic rings. The lowest BCUT2D eigenvalue weighted by molar-refractivity contribution is -0.149. The Labute approximate surface area is 207 Å². The summed E-state index contributed by atoms with van der Waals surface area (Å²) in [4.78, 5) is 38.0. The van der Waals surface area contributed by atoms with E-state index in [9.17, 15) is 24.1 Å². The highest BCUT2D eigenvalue weighted by Crippen LogP contribution is 2.46. The fourth-order valence-electron chi connectivity index (χ4n) is 3.55. The van der Waals surface area contributed by atoms with Crippen LogP contribution in [0.4, 0.5) is 0 Å². The number of nitrogens with two attached hydrogens (primary N) is 1. The Morgan fingerprint density at radius 2 is 1.94 bits per heavy atom. The number of nitrogens with zero attached hydrogens (tertiary/aromatic N) is 1. The second kappa shape index (κ2) is 11.1. The van der Waals surface area contributed by atoms with Gasteiger partial charge in [-0.3, -0.25) is 23.7 Å². The van der Waals surface area contributed by atoms with Crippen LogP contribution in [-0.2, 0) is 23.4 Å². The maximum atomic E-state index is 13.6. The molecule has 3 rings (SSSR count). The molecular weight excluding hydrogens is 495 g/mol. The highest BCUT2D eigenvalue weighted by Gasteiger charge is 2.52. The number of aliphatic hydroxyl groups is 1. The van der Waals surface area contributed by atoms with E-state index < -0.39 is 67.7 Å². The Balaban J connectivity index is 1.80. The molecule has 1 aromatic heterocycles. The number of benzene rings is 1. The van der Waals surface area contributed by atoms with Crippen LogP contribution in [-0.4, -0.2) is 57.1 Å². The summed E-state index contributed by atoms with van der Waals surface area (Å²) in [5, 5.41) is 13.3. The standard InChI is InChI=1S/C22H31N4O9P/c1-13(2)33-19(29)14(3)25-36(31,35-15-8-6-5-7-9-15)32-12-16-18(28)22(4,23)20(34-16)26-11-10-17(27)24-21(26)30/h5-11,13-14,16,18,20,28H,12,23H2,1-4H3,(H,25,31)(H,24,27,30)/t14?,16-,18-,20-,22-,36?/m1/s1. The molecule has 2 heterocycles. The number of nitrogens with one attached hydrogen (secondary N) is 2. The van der Waals surface area contributed by atoms with Gasteiger partial charge in [0.2, 0.25) is 0 Å². The van der Waals surface area contributed by atoms with Crippen molar-refractivity contribution >= 4 is 13.7 Å². The summed E-state index contributed by atoms with van der Waals surface area (Å²) in [6, 6.07) is 8.19. The quantitative estimate of drug-likeness (QED) is 0.252. The molecule has 6 atom stereocenters. The van der Waals surface area contributed by atoms with Gasteiger partial charge in [0.15, 0.2) is 6.23 Å². The summed E-state index contributed by atoms with van der Waals surface area (Å²) in [7, 11) is -4.22. The van der Waals surface area contributed by atoms with Crippen molar-refractivity contribution in [3.8, 4) is 5.75 Å². The van der Waals surface area contributed by atoms with Gasteiger partial charge >= 0.3 is 19.4 Å². The maximum absolute atomic E-state index is 13.6. The third kappa shape index (κ3) is 6.49. The number of esters is 1. The number of ether oxygens (including phenoxy) is 2. The molecule has 1 saturated heterocycles. The average molecular weight is 526 g/mol. The summed E-state index contributed by atoms with van der Waals surface area (Å²) in [5.41, 5.74) is 3.39. The van der Waals surface area contributed by atoms with E-state index >= 15 is 0 Å². The van der Waals surface area contributed by atoms with Crippen molar-refractivity contribution in [1.29, 1.82) is 0 Å². The predicted octanol–water partition coefficient (Wildman–Crippen LogP) is 0.646. The fraction of sp³-hybridized carbons (Fsp3) is 0.500. The molecule has 1 aliphatic heterocycles. The lowest BCUT2D eigenvalue weighted by Gasteiger charge is -2.28. The van der Waals surface area contributed by atoms with Gasteiger partial charge in [-0.25, -0.2) is 9.36 Å². The van der Waals surface area contributed by atoms with Crippen LogP contribution in [0.3, 0.4) is 0 Å². The van der Waals surface area contributed by atoms with Crippen molar-refractivity contribution in [3.63, 3.8) is 0 Å². The minimum Gasteiger partial charge on any atom is -0.462 e. The molecule has 36 heavy (non-hydrogen) atoms. The van der Waals surface area contributed by atoms with Gasteiger partial charge in [-0.05, 0) is 39.8 Å². The molecular formula is C22H31N4O9P. The van der Waals surface area contributed by atoms with Gasteiger partial charge in [0, 0.05) is 12.3 Å². The SMILES string of the molecule is CC(C)OC(=O)C(C)NP(=O)(OC[C@H]1O[C@@H](n2ccc(=O)[nH]c2=O)[C@](C)(N)[C@@H]1O)Oc1ccccc1. The van der Waals surface area contributed by atoms with Crippen LogP contribution in [0.15, 0.2) is 52.2 Å². The molecule has 0 spiro atoms. The van der Waals surface area contributed by atoms with Crippen LogP contribution in [0.5, 0.6) is 5.75 Å². The molecule has 1 aromatic carbocycles. The van der Waals surface area contributed by atoms with E-state index in [1.165, 1.54) is 20.0 Å². The number of carbonyl (C=O) groups is 1. The first-order chi connectivity index (χ1) is 16.8. The molecule has 0 saturated carbocycles. The third-order valence-electron chi connectivity index (χ3n) is 5.36. The molecule has 0 radical (unpaired) electrons. The number of hydrogen-bond acceptors (Lipinski definition) is 10. The molecule has 198 valence electrons. The number of carbonyl (C=O) groups excluding carboxylic acids is 1. The summed E-state index contributed by atoms with van der Waals surface area (Å²) < 4.78 is 36.7. The van der Waals surface area contributed by atoms with Crippen LogP contribution in [0.1, 0.15) is 33.9 Å². The largest absolute Gasteiger partial charge is 0.462 e. The third-order valence-corrected chi connectivity index (χ3v) is 7.01. The lowest BCUT2D eigenvalue weighted by atomic mass is 9.93. The number of aliphatic hydroxyl groups excluding tert-OH is 1. The first-order valence-electron chi connectivity index (χ1n) is 11.2. The zero-order valence-electron chi connectivity index (χ0n) is 20.3. The van der Waals surface area contributed by atoms with E-state index in [0.717, 1.165) is 10.6 Å². The Morgan fingerprint density at radius 1 is 1.28 bits per heavy atom. The monoisotopic (exact) mass is 526 g/mol. The van der Waals surface area contributed by atoms with Gasteiger partial charge in [0.1, 0.15) is 24.0 Å². The van der Waals surface area contributed by atoms with Gasteiger partial charge in [-0.15, -0.1) is 0 Å². The lowest BCUT2D eigenvalue weighted by Crippen LogP contribution is -2.53. The van der Waals surface area contributed by atoms with Crippen molar-refractivity contribution in [2.45, 2.75) is 63.8 Å². The number of H-pyrrole nitrogens is 1. The Hall–Kier alpha value is -2.80. The minimum absolute atomic E-state index is 0.201. The summed E-state index contributed by atoms with van der Waals surface area (Å²) in [6.07, 6.45) is -2.88. The number of aromatic amines is 1. The van der Waals surface area contributed by atoms with Crippen LogP contribution < -0.4 is 26.6 Å². The number of hydrogen-bond donors (Lipinski definition) is 4. The molecule has 0 bridgehead atoms. The molecule has 14 heteroatoms. The van der Waals surface area contributed by atoms with Crippen molar-refractivity contribution < 1.29 is 33.0 Å². The van der Waals surface area contributed by atoms with Gasteiger partial charge < -0.3 is 24.8 Å².